The van der Waals surface area contributed by atoms with Crippen LogP contribution in [0.25, 0.3) is 20.2 Å². The summed E-state index contributed by atoms with van der Waals surface area (Å²) in [5.41, 5.74) is 0.752. The number of anilines is 1. The zero-order valence-corrected chi connectivity index (χ0v) is 16.2. The van der Waals surface area contributed by atoms with Crippen molar-refractivity contribution in [2.45, 2.75) is 26.3 Å². The van der Waals surface area contributed by atoms with E-state index in [4.69, 9.17) is 0 Å². The summed E-state index contributed by atoms with van der Waals surface area (Å²) in [5.74, 6) is -0.843. The Morgan fingerprint density at radius 1 is 1.25 bits per heavy atom. The number of amides is 1. The number of rotatable bonds is 4. The number of nitrogens with zero attached hydrogens (tertiary/aromatic N) is 2. The summed E-state index contributed by atoms with van der Waals surface area (Å²) >= 11 is 1.53. The number of halogens is 1. The maximum Gasteiger partial charge on any atom is 0.276 e. The minimum absolute atomic E-state index is 0.292. The molecule has 0 unspecified atom stereocenters. The molecule has 4 aromatic rings. The fourth-order valence-electron chi connectivity index (χ4n) is 3.35. The van der Waals surface area contributed by atoms with E-state index in [9.17, 15) is 14.0 Å². The van der Waals surface area contributed by atoms with Crippen LogP contribution in [0.1, 0.15) is 25.1 Å². The van der Waals surface area contributed by atoms with Gasteiger partial charge in [0.1, 0.15) is 11.9 Å². The van der Waals surface area contributed by atoms with Gasteiger partial charge >= 0.3 is 0 Å². The highest BCUT2D eigenvalue weighted by atomic mass is 32.1. The van der Waals surface area contributed by atoms with E-state index in [0.29, 0.717) is 23.2 Å². The molecule has 2 aromatic heterocycles. The average molecular weight is 395 g/mol. The van der Waals surface area contributed by atoms with E-state index < -0.39 is 17.8 Å². The molecule has 2 heterocycles. The van der Waals surface area contributed by atoms with Gasteiger partial charge in [0.2, 0.25) is 5.91 Å². The van der Waals surface area contributed by atoms with E-state index >= 15 is 0 Å². The van der Waals surface area contributed by atoms with Gasteiger partial charge in [-0.3, -0.25) is 9.59 Å². The normalized spacial score (nSPS) is 12.4. The Bertz CT molecular complexity index is 1260. The summed E-state index contributed by atoms with van der Waals surface area (Å²) < 4.78 is 16.5. The average Bonchev–Trinajstić information content (AvgIpc) is 3.07. The number of hydrogen-bond acceptors (Lipinski definition) is 4. The lowest BCUT2D eigenvalue weighted by atomic mass is 10.1. The quantitative estimate of drug-likeness (QED) is 0.547. The van der Waals surface area contributed by atoms with Crippen LogP contribution in [0.3, 0.4) is 0 Å². The third kappa shape index (κ3) is 3.07. The first-order valence-corrected chi connectivity index (χ1v) is 9.78. The molecule has 0 saturated carbocycles. The third-order valence-electron chi connectivity index (χ3n) is 4.68. The van der Waals surface area contributed by atoms with Crippen LogP contribution in [0, 0.1) is 12.7 Å². The number of carbonyl (C=O) groups excluding carboxylic acids is 1. The summed E-state index contributed by atoms with van der Waals surface area (Å²) in [4.78, 5) is 26.1. The van der Waals surface area contributed by atoms with Gasteiger partial charge in [0, 0.05) is 15.8 Å². The Hall–Kier alpha value is -3.06. The predicted molar refractivity (Wildman–Crippen MR) is 110 cm³/mol. The predicted octanol–water partition coefficient (Wildman–Crippen LogP) is 4.65. The molecule has 0 saturated heterocycles. The van der Waals surface area contributed by atoms with Crippen molar-refractivity contribution in [2.75, 3.05) is 5.32 Å². The lowest BCUT2D eigenvalue weighted by Crippen LogP contribution is -2.35. The molecule has 0 aliphatic rings. The summed E-state index contributed by atoms with van der Waals surface area (Å²) in [6.45, 7) is 3.65. The highest BCUT2D eigenvalue weighted by Gasteiger charge is 2.24. The highest BCUT2D eigenvalue weighted by molar-refractivity contribution is 7.26. The Morgan fingerprint density at radius 2 is 2.04 bits per heavy atom. The van der Waals surface area contributed by atoms with Crippen LogP contribution in [0.2, 0.25) is 0 Å². The molecule has 5 nitrogen and oxygen atoms in total. The van der Waals surface area contributed by atoms with Crippen molar-refractivity contribution < 1.29 is 9.18 Å². The third-order valence-corrected chi connectivity index (χ3v) is 5.96. The first-order chi connectivity index (χ1) is 13.5. The summed E-state index contributed by atoms with van der Waals surface area (Å²) in [6, 6.07) is 12.6. The minimum Gasteiger partial charge on any atom is -0.324 e. The second-order valence-electron chi connectivity index (χ2n) is 6.56. The number of thiophene rings is 1. The van der Waals surface area contributed by atoms with Crippen molar-refractivity contribution in [3.05, 3.63) is 70.4 Å². The molecule has 7 heteroatoms. The van der Waals surface area contributed by atoms with E-state index in [2.05, 4.69) is 10.4 Å². The van der Waals surface area contributed by atoms with Gasteiger partial charge in [0.15, 0.2) is 0 Å². The lowest BCUT2D eigenvalue weighted by Gasteiger charge is -2.17. The van der Waals surface area contributed by atoms with Crippen LogP contribution in [0.4, 0.5) is 10.1 Å². The molecule has 2 aromatic carbocycles. The monoisotopic (exact) mass is 395 g/mol. The molecule has 1 amide bonds. The van der Waals surface area contributed by atoms with E-state index in [-0.39, 0.29) is 5.56 Å². The molecule has 0 radical (unpaired) electrons. The maximum atomic E-state index is 13.4. The molecule has 4 rings (SSSR count). The first kappa shape index (κ1) is 18.3. The molecular weight excluding hydrogens is 377 g/mol. The van der Waals surface area contributed by atoms with Gasteiger partial charge in [-0.2, -0.15) is 5.10 Å². The van der Waals surface area contributed by atoms with Gasteiger partial charge < -0.3 is 5.32 Å². The Morgan fingerprint density at radius 3 is 2.79 bits per heavy atom. The van der Waals surface area contributed by atoms with Crippen molar-refractivity contribution >= 4 is 43.1 Å². The fraction of sp³-hybridized carbons (Fsp3) is 0.190. The Kier molecular flexibility index (Phi) is 4.68. The lowest BCUT2D eigenvalue weighted by molar-refractivity contribution is -0.119. The van der Waals surface area contributed by atoms with Gasteiger partial charge in [-0.1, -0.05) is 31.2 Å². The van der Waals surface area contributed by atoms with Gasteiger partial charge in [0.25, 0.3) is 5.56 Å². The van der Waals surface area contributed by atoms with E-state index in [1.807, 2.05) is 38.1 Å². The standard InChI is InChI=1S/C21H18FN3O2S/c1-3-16(20(26)23-14-8-6-7-13(22)11-14)25-21(27)18-15-9-4-5-10-17(15)28-19(18)12(2)24-25/h4-11,16H,3H2,1-2H3,(H,23,26)/t16-/m1/s1. The van der Waals surface area contributed by atoms with Gasteiger partial charge in [-0.15, -0.1) is 11.3 Å². The number of benzene rings is 2. The van der Waals surface area contributed by atoms with E-state index in [1.54, 1.807) is 6.07 Å². The zero-order valence-electron chi connectivity index (χ0n) is 15.4. The van der Waals surface area contributed by atoms with Gasteiger partial charge in [-0.05, 0) is 37.6 Å². The number of hydrogen-bond donors (Lipinski definition) is 1. The topological polar surface area (TPSA) is 64.0 Å². The Balaban J connectivity index is 1.82. The van der Waals surface area contributed by atoms with Crippen molar-refractivity contribution in [3.63, 3.8) is 0 Å². The second kappa shape index (κ2) is 7.16. The Labute approximate surface area is 164 Å². The van der Waals surface area contributed by atoms with Gasteiger partial charge in [0.05, 0.1) is 15.8 Å². The van der Waals surface area contributed by atoms with Crippen LogP contribution in [-0.2, 0) is 4.79 Å². The summed E-state index contributed by atoms with van der Waals surface area (Å²) in [5, 5.41) is 8.56. The molecule has 0 aliphatic heterocycles. The van der Waals surface area contributed by atoms with Crippen LogP contribution < -0.4 is 10.9 Å². The molecule has 0 bridgehead atoms. The van der Waals surface area contributed by atoms with Crippen molar-refractivity contribution in [1.29, 1.82) is 0 Å². The van der Waals surface area contributed by atoms with Crippen LogP contribution in [0.5, 0.6) is 0 Å². The van der Waals surface area contributed by atoms with Gasteiger partial charge in [-0.25, -0.2) is 9.07 Å². The summed E-state index contributed by atoms with van der Waals surface area (Å²) in [6.07, 6.45) is 0.376. The van der Waals surface area contributed by atoms with E-state index in [0.717, 1.165) is 14.8 Å². The molecule has 28 heavy (non-hydrogen) atoms. The van der Waals surface area contributed by atoms with Crippen molar-refractivity contribution in [2.24, 2.45) is 0 Å². The molecule has 142 valence electrons. The molecule has 0 spiro atoms. The fourth-order valence-corrected chi connectivity index (χ4v) is 4.49. The molecule has 0 aliphatic carbocycles. The van der Waals surface area contributed by atoms with Crippen molar-refractivity contribution in [1.82, 2.24) is 9.78 Å². The number of nitrogens with one attached hydrogen (secondary N) is 1. The molecule has 0 fully saturated rings. The number of aromatic nitrogens is 2. The largest absolute Gasteiger partial charge is 0.324 e. The second-order valence-corrected chi connectivity index (χ2v) is 7.61. The number of fused-ring (bicyclic) bond motifs is 3. The zero-order chi connectivity index (χ0) is 19.8. The minimum atomic E-state index is -0.794. The van der Waals surface area contributed by atoms with Crippen LogP contribution in [-0.4, -0.2) is 15.7 Å². The first-order valence-electron chi connectivity index (χ1n) is 8.96. The molecular formula is C21H18FN3O2S. The summed E-state index contributed by atoms with van der Waals surface area (Å²) in [7, 11) is 0. The van der Waals surface area contributed by atoms with Crippen LogP contribution >= 0.6 is 11.3 Å². The SMILES string of the molecule is CC[C@H](C(=O)Nc1cccc(F)c1)n1nc(C)c2sc3ccccc3c2c1=O. The van der Waals surface area contributed by atoms with E-state index in [1.165, 1.54) is 34.2 Å². The molecule has 1 N–H and O–H groups in total. The number of carbonyl (C=O) groups is 1. The maximum absolute atomic E-state index is 13.4. The van der Waals surface area contributed by atoms with Crippen molar-refractivity contribution in [3.8, 4) is 0 Å². The smallest absolute Gasteiger partial charge is 0.276 e. The van der Waals surface area contributed by atoms with Crippen LogP contribution in [0.15, 0.2) is 53.3 Å². The number of aryl methyl sites for hydroxylation is 1. The highest BCUT2D eigenvalue weighted by Crippen LogP contribution is 2.33. The molecule has 1 atom stereocenters.